The lowest BCUT2D eigenvalue weighted by atomic mass is 9.97. The standard InChI is InChI=1S/C27H24N2O3S/c30-27(26-22-10-4-6-12-24(22)28-25-13-7-5-11-23(25)26)29-18-14-15-19(29)17-21(16-18)33(31,32)20-8-2-1-3-9-20/h1-13,18-19,21H,14-17H2. The number of pyridine rings is 1. The molecule has 3 aromatic carbocycles. The number of amides is 1. The van der Waals surface area contributed by atoms with Crippen molar-refractivity contribution < 1.29 is 13.2 Å². The van der Waals surface area contributed by atoms with E-state index < -0.39 is 15.1 Å². The molecule has 2 aliphatic rings. The van der Waals surface area contributed by atoms with Crippen LogP contribution in [0.3, 0.4) is 0 Å². The molecule has 1 aromatic heterocycles. The number of aromatic nitrogens is 1. The number of piperidine rings is 1. The van der Waals surface area contributed by atoms with Crippen molar-refractivity contribution in [2.45, 2.75) is 47.9 Å². The summed E-state index contributed by atoms with van der Waals surface area (Å²) in [4.78, 5) is 21.2. The van der Waals surface area contributed by atoms with Gasteiger partial charge in [0.1, 0.15) is 0 Å². The molecule has 2 fully saturated rings. The Morgan fingerprint density at radius 1 is 0.758 bits per heavy atom. The third-order valence-corrected chi connectivity index (χ3v) is 9.43. The number of para-hydroxylation sites is 2. The molecule has 4 aromatic rings. The Bertz CT molecular complexity index is 1420. The zero-order valence-electron chi connectivity index (χ0n) is 18.1. The van der Waals surface area contributed by atoms with Gasteiger partial charge < -0.3 is 4.90 Å². The van der Waals surface area contributed by atoms with E-state index in [0.717, 1.165) is 34.6 Å². The van der Waals surface area contributed by atoms with Crippen LogP contribution in [0.25, 0.3) is 21.8 Å². The molecule has 2 unspecified atom stereocenters. The molecular weight excluding hydrogens is 432 g/mol. The molecular formula is C27H24N2O3S. The summed E-state index contributed by atoms with van der Waals surface area (Å²) < 4.78 is 26.6. The maximum absolute atomic E-state index is 14.1. The molecule has 2 saturated heterocycles. The molecule has 1 amide bonds. The lowest BCUT2D eigenvalue weighted by Gasteiger charge is -2.39. The molecule has 0 radical (unpaired) electrons. The summed E-state index contributed by atoms with van der Waals surface area (Å²) in [5.41, 5.74) is 2.28. The van der Waals surface area contributed by atoms with Gasteiger partial charge in [0.2, 0.25) is 0 Å². The highest BCUT2D eigenvalue weighted by Gasteiger charge is 2.47. The smallest absolute Gasteiger partial charge is 0.255 e. The van der Waals surface area contributed by atoms with Crippen LogP contribution >= 0.6 is 0 Å². The number of nitrogens with zero attached hydrogens (tertiary/aromatic N) is 2. The molecule has 6 rings (SSSR count). The summed E-state index contributed by atoms with van der Waals surface area (Å²) >= 11 is 0. The molecule has 0 spiro atoms. The summed E-state index contributed by atoms with van der Waals surface area (Å²) in [5.74, 6) is -0.00661. The minimum Gasteiger partial charge on any atom is -0.333 e. The van der Waals surface area contributed by atoms with Crippen LogP contribution < -0.4 is 0 Å². The van der Waals surface area contributed by atoms with Crippen molar-refractivity contribution in [1.82, 2.24) is 9.88 Å². The number of carbonyl (C=O) groups excluding carboxylic acids is 1. The second-order valence-corrected chi connectivity index (χ2v) is 11.3. The zero-order chi connectivity index (χ0) is 22.6. The first-order chi connectivity index (χ1) is 16.0. The third kappa shape index (κ3) is 3.23. The van der Waals surface area contributed by atoms with E-state index in [1.165, 1.54) is 0 Å². The van der Waals surface area contributed by atoms with Crippen LogP contribution in [0.1, 0.15) is 36.0 Å². The van der Waals surface area contributed by atoms with E-state index in [4.69, 9.17) is 4.98 Å². The predicted molar refractivity (Wildman–Crippen MR) is 129 cm³/mol. The first kappa shape index (κ1) is 20.4. The van der Waals surface area contributed by atoms with Crippen molar-refractivity contribution in [3.05, 3.63) is 84.4 Å². The number of carbonyl (C=O) groups is 1. The number of rotatable bonds is 3. The van der Waals surface area contributed by atoms with E-state index in [9.17, 15) is 13.2 Å². The maximum atomic E-state index is 14.1. The van der Waals surface area contributed by atoms with Gasteiger partial charge in [-0.25, -0.2) is 13.4 Å². The lowest BCUT2D eigenvalue weighted by Crippen LogP contribution is -2.49. The first-order valence-corrected chi connectivity index (χ1v) is 13.0. The van der Waals surface area contributed by atoms with Crippen molar-refractivity contribution in [1.29, 1.82) is 0 Å². The molecule has 2 atom stereocenters. The van der Waals surface area contributed by atoms with Crippen LogP contribution in [-0.4, -0.2) is 41.5 Å². The first-order valence-electron chi connectivity index (χ1n) is 11.4. The molecule has 3 heterocycles. The van der Waals surface area contributed by atoms with Crippen LogP contribution in [-0.2, 0) is 9.84 Å². The van der Waals surface area contributed by atoms with Crippen LogP contribution in [0, 0.1) is 0 Å². The number of benzene rings is 3. The van der Waals surface area contributed by atoms with Crippen LogP contribution in [0.5, 0.6) is 0 Å². The molecule has 0 N–H and O–H groups in total. The highest BCUT2D eigenvalue weighted by Crippen LogP contribution is 2.41. The van der Waals surface area contributed by atoms with Gasteiger partial charge in [0.15, 0.2) is 9.84 Å². The highest BCUT2D eigenvalue weighted by atomic mass is 32.2. The van der Waals surface area contributed by atoms with Gasteiger partial charge in [0, 0.05) is 22.9 Å². The number of fused-ring (bicyclic) bond motifs is 4. The topological polar surface area (TPSA) is 67.3 Å². The Kier molecular flexibility index (Phi) is 4.73. The molecule has 6 heteroatoms. The van der Waals surface area contributed by atoms with Crippen molar-refractivity contribution in [3.8, 4) is 0 Å². The van der Waals surface area contributed by atoms with E-state index in [-0.39, 0.29) is 18.0 Å². The molecule has 5 nitrogen and oxygen atoms in total. The Morgan fingerprint density at radius 3 is 1.85 bits per heavy atom. The van der Waals surface area contributed by atoms with Crippen molar-refractivity contribution in [3.63, 3.8) is 0 Å². The third-order valence-electron chi connectivity index (χ3n) is 7.24. The zero-order valence-corrected chi connectivity index (χ0v) is 18.9. The van der Waals surface area contributed by atoms with E-state index in [2.05, 4.69) is 0 Å². The van der Waals surface area contributed by atoms with Gasteiger partial charge in [-0.1, -0.05) is 54.6 Å². The van der Waals surface area contributed by atoms with Crippen molar-refractivity contribution in [2.75, 3.05) is 0 Å². The maximum Gasteiger partial charge on any atom is 0.255 e. The fourth-order valence-electron chi connectivity index (χ4n) is 5.71. The van der Waals surface area contributed by atoms with Gasteiger partial charge in [0.25, 0.3) is 5.91 Å². The van der Waals surface area contributed by atoms with Crippen molar-refractivity contribution >= 4 is 37.6 Å². The van der Waals surface area contributed by atoms with Crippen LogP contribution in [0.4, 0.5) is 0 Å². The number of sulfone groups is 1. The number of hydrogen-bond donors (Lipinski definition) is 0. The Hall–Kier alpha value is -3.25. The average Bonchev–Trinajstić information content (AvgIpc) is 3.11. The average molecular weight is 457 g/mol. The van der Waals surface area contributed by atoms with Gasteiger partial charge >= 0.3 is 0 Å². The van der Waals surface area contributed by atoms with E-state index in [1.54, 1.807) is 24.3 Å². The molecule has 0 saturated carbocycles. The highest BCUT2D eigenvalue weighted by molar-refractivity contribution is 7.92. The minimum absolute atomic E-state index is 0.00661. The molecule has 166 valence electrons. The fraction of sp³-hybridized carbons (Fsp3) is 0.259. The molecule has 33 heavy (non-hydrogen) atoms. The number of hydrogen-bond acceptors (Lipinski definition) is 4. The normalized spacial score (nSPS) is 22.7. The van der Waals surface area contributed by atoms with Gasteiger partial charge in [0.05, 0.1) is 26.7 Å². The second kappa shape index (κ2) is 7.66. The Morgan fingerprint density at radius 2 is 1.27 bits per heavy atom. The Labute approximate surface area is 193 Å². The molecule has 2 aliphatic heterocycles. The summed E-state index contributed by atoms with van der Waals surface area (Å²) in [5, 5.41) is 1.24. The molecule has 0 aliphatic carbocycles. The van der Waals surface area contributed by atoms with E-state index >= 15 is 0 Å². The monoisotopic (exact) mass is 456 g/mol. The van der Waals surface area contributed by atoms with Gasteiger partial charge in [-0.3, -0.25) is 4.79 Å². The minimum atomic E-state index is -3.42. The summed E-state index contributed by atoms with van der Waals surface area (Å²) in [6.07, 6.45) is 2.66. The SMILES string of the molecule is O=C(c1c2ccccc2nc2ccccc12)N1C2CCC1CC(S(=O)(=O)c1ccccc1)C2. The fourth-order valence-corrected chi connectivity index (χ4v) is 7.59. The lowest BCUT2D eigenvalue weighted by molar-refractivity contribution is 0.0602. The predicted octanol–water partition coefficient (Wildman–Crippen LogP) is 5.00. The van der Waals surface area contributed by atoms with Gasteiger partial charge in [-0.15, -0.1) is 0 Å². The summed E-state index contributed by atoms with van der Waals surface area (Å²) in [7, 11) is -3.42. The summed E-state index contributed by atoms with van der Waals surface area (Å²) in [6.45, 7) is 0. The van der Waals surface area contributed by atoms with Crippen LogP contribution in [0.2, 0.25) is 0 Å². The second-order valence-electron chi connectivity index (χ2n) is 9.07. The van der Waals surface area contributed by atoms with Gasteiger partial charge in [-0.05, 0) is 49.9 Å². The molecule has 2 bridgehead atoms. The van der Waals surface area contributed by atoms with Gasteiger partial charge in [-0.2, -0.15) is 0 Å². The quantitative estimate of drug-likeness (QED) is 0.407. The van der Waals surface area contributed by atoms with Crippen LogP contribution in [0.15, 0.2) is 83.8 Å². The summed E-state index contributed by atoms with van der Waals surface area (Å²) in [6, 6.07) is 24.1. The van der Waals surface area contributed by atoms with Crippen molar-refractivity contribution in [2.24, 2.45) is 0 Å². The van der Waals surface area contributed by atoms with E-state index in [1.807, 2.05) is 59.5 Å². The largest absolute Gasteiger partial charge is 0.333 e. The Balaban J connectivity index is 1.39. The van der Waals surface area contributed by atoms with E-state index in [0.29, 0.717) is 23.3 Å².